The summed E-state index contributed by atoms with van der Waals surface area (Å²) in [6, 6.07) is 35.3. The molecule has 0 aliphatic carbocycles. The van der Waals surface area contributed by atoms with Gasteiger partial charge in [-0.1, -0.05) is 112 Å². The van der Waals surface area contributed by atoms with Crippen LogP contribution in [0.25, 0.3) is 10.8 Å². The van der Waals surface area contributed by atoms with Crippen molar-refractivity contribution in [3.05, 3.63) is 137 Å². The van der Waals surface area contributed by atoms with Crippen LogP contribution >= 0.6 is 0 Å². The first-order valence-electron chi connectivity index (χ1n) is 15.3. The Hall–Kier alpha value is -4.24. The summed E-state index contributed by atoms with van der Waals surface area (Å²) in [7, 11) is 0. The SMILES string of the molecule is CCCCCCCCOc1ccc(C(c2ccc(O)c(C)c2)(c2ccc(O)c(C)c2)c2ccc3ccccc3c2)cc1. The average molecular weight is 559 g/mol. The van der Waals surface area contributed by atoms with Gasteiger partial charge in [0.05, 0.1) is 12.0 Å². The highest BCUT2D eigenvalue weighted by Gasteiger charge is 2.39. The fraction of sp³-hybridized carbons (Fsp3) is 0.282. The molecule has 0 unspecified atom stereocenters. The van der Waals surface area contributed by atoms with Crippen molar-refractivity contribution >= 4 is 10.8 Å². The van der Waals surface area contributed by atoms with Gasteiger partial charge in [-0.15, -0.1) is 0 Å². The van der Waals surface area contributed by atoms with Crippen LogP contribution in [0.5, 0.6) is 17.2 Å². The van der Waals surface area contributed by atoms with Crippen LogP contribution in [0.1, 0.15) is 78.8 Å². The zero-order chi connectivity index (χ0) is 29.5. The molecule has 0 saturated heterocycles. The summed E-state index contributed by atoms with van der Waals surface area (Å²) in [6.45, 7) is 6.83. The number of benzene rings is 5. The molecule has 216 valence electrons. The number of hydrogen-bond acceptors (Lipinski definition) is 3. The maximum atomic E-state index is 10.5. The molecule has 0 radical (unpaired) electrons. The highest BCUT2D eigenvalue weighted by Crippen LogP contribution is 2.47. The van der Waals surface area contributed by atoms with E-state index in [1.807, 2.05) is 26.0 Å². The van der Waals surface area contributed by atoms with E-state index < -0.39 is 5.41 Å². The topological polar surface area (TPSA) is 49.7 Å². The van der Waals surface area contributed by atoms with Gasteiger partial charge in [0.15, 0.2) is 0 Å². The molecule has 0 fully saturated rings. The Labute approximate surface area is 250 Å². The highest BCUT2D eigenvalue weighted by atomic mass is 16.5. The number of aryl methyl sites for hydroxylation is 2. The van der Waals surface area contributed by atoms with Gasteiger partial charge in [-0.25, -0.2) is 0 Å². The number of phenols is 2. The second-order valence-corrected chi connectivity index (χ2v) is 11.5. The molecule has 0 saturated carbocycles. The summed E-state index contributed by atoms with van der Waals surface area (Å²) in [5.41, 5.74) is 5.19. The van der Waals surface area contributed by atoms with E-state index in [2.05, 4.69) is 85.8 Å². The molecule has 0 atom stereocenters. The van der Waals surface area contributed by atoms with Gasteiger partial charge >= 0.3 is 0 Å². The van der Waals surface area contributed by atoms with E-state index in [1.165, 1.54) is 37.5 Å². The number of ether oxygens (including phenoxy) is 1. The molecule has 5 aromatic rings. The van der Waals surface area contributed by atoms with E-state index in [1.54, 1.807) is 12.1 Å². The number of unbranched alkanes of at least 4 members (excludes halogenated alkanes) is 5. The zero-order valence-corrected chi connectivity index (χ0v) is 25.1. The van der Waals surface area contributed by atoms with Gasteiger partial charge in [0, 0.05) is 0 Å². The van der Waals surface area contributed by atoms with E-state index in [-0.39, 0.29) is 11.5 Å². The van der Waals surface area contributed by atoms with E-state index in [9.17, 15) is 10.2 Å². The van der Waals surface area contributed by atoms with Crippen LogP contribution in [0.4, 0.5) is 0 Å². The zero-order valence-electron chi connectivity index (χ0n) is 25.1. The minimum Gasteiger partial charge on any atom is -0.508 e. The van der Waals surface area contributed by atoms with Crippen LogP contribution < -0.4 is 4.74 Å². The predicted molar refractivity (Wildman–Crippen MR) is 174 cm³/mol. The first-order valence-corrected chi connectivity index (χ1v) is 15.3. The summed E-state index contributed by atoms with van der Waals surface area (Å²) < 4.78 is 6.16. The van der Waals surface area contributed by atoms with Crippen molar-refractivity contribution in [1.29, 1.82) is 0 Å². The van der Waals surface area contributed by atoms with E-state index in [0.29, 0.717) is 0 Å². The monoisotopic (exact) mass is 558 g/mol. The van der Waals surface area contributed by atoms with Crippen molar-refractivity contribution in [2.45, 2.75) is 64.7 Å². The van der Waals surface area contributed by atoms with Crippen LogP contribution in [0, 0.1) is 13.8 Å². The molecule has 0 aliphatic rings. The molecular formula is C39H42O3. The fourth-order valence-electron chi connectivity index (χ4n) is 6.07. The Morgan fingerprint density at radius 1 is 0.548 bits per heavy atom. The number of phenolic OH excluding ortho intramolecular Hbond substituents is 2. The third-order valence-electron chi connectivity index (χ3n) is 8.50. The normalized spacial score (nSPS) is 11.6. The highest BCUT2D eigenvalue weighted by molar-refractivity contribution is 5.84. The standard InChI is InChI=1S/C39H42O3/c1-4-5-6-7-8-11-24-42-36-20-16-32(17-21-36)39(33-18-22-37(40)28(2)25-33,34-19-23-38(41)29(3)26-34)35-15-14-30-12-9-10-13-31(30)27-35/h9-10,12-23,25-27,40-41H,4-8,11,24H2,1-3H3. The number of rotatable bonds is 12. The van der Waals surface area contributed by atoms with Crippen molar-refractivity contribution in [3.8, 4) is 17.2 Å². The van der Waals surface area contributed by atoms with Crippen molar-refractivity contribution in [1.82, 2.24) is 0 Å². The quantitative estimate of drug-likeness (QED) is 0.118. The summed E-state index contributed by atoms with van der Waals surface area (Å²) in [6.07, 6.45) is 7.40. The lowest BCUT2D eigenvalue weighted by molar-refractivity contribution is 0.304. The molecule has 2 N–H and O–H groups in total. The Balaban J connectivity index is 1.63. The molecule has 0 amide bonds. The van der Waals surface area contributed by atoms with Crippen LogP contribution in [-0.4, -0.2) is 16.8 Å². The molecule has 0 spiro atoms. The predicted octanol–water partition coefficient (Wildman–Crippen LogP) is 9.99. The Morgan fingerprint density at radius 3 is 1.69 bits per heavy atom. The largest absolute Gasteiger partial charge is 0.508 e. The van der Waals surface area contributed by atoms with Gasteiger partial charge in [0.1, 0.15) is 17.2 Å². The van der Waals surface area contributed by atoms with E-state index in [4.69, 9.17) is 4.74 Å². The van der Waals surface area contributed by atoms with Gasteiger partial charge < -0.3 is 14.9 Å². The minimum absolute atomic E-state index is 0.270. The third-order valence-corrected chi connectivity index (χ3v) is 8.50. The summed E-state index contributed by atoms with van der Waals surface area (Å²) in [4.78, 5) is 0. The Morgan fingerprint density at radius 2 is 1.07 bits per heavy atom. The lowest BCUT2D eigenvalue weighted by Gasteiger charge is -2.37. The van der Waals surface area contributed by atoms with Gasteiger partial charge in [-0.2, -0.15) is 0 Å². The van der Waals surface area contributed by atoms with E-state index >= 15 is 0 Å². The number of fused-ring (bicyclic) bond motifs is 1. The number of aromatic hydroxyl groups is 2. The van der Waals surface area contributed by atoms with Gasteiger partial charge in [0.25, 0.3) is 0 Å². The molecule has 3 heteroatoms. The van der Waals surface area contributed by atoms with Crippen molar-refractivity contribution < 1.29 is 14.9 Å². The van der Waals surface area contributed by atoms with Crippen LogP contribution in [0.3, 0.4) is 0 Å². The summed E-state index contributed by atoms with van der Waals surface area (Å²) in [5, 5.41) is 23.3. The summed E-state index contributed by atoms with van der Waals surface area (Å²) >= 11 is 0. The van der Waals surface area contributed by atoms with Crippen molar-refractivity contribution in [2.75, 3.05) is 6.61 Å². The first kappa shape index (κ1) is 29.3. The molecule has 5 aromatic carbocycles. The van der Waals surface area contributed by atoms with Crippen molar-refractivity contribution in [2.24, 2.45) is 0 Å². The van der Waals surface area contributed by atoms with Crippen LogP contribution in [0.2, 0.25) is 0 Å². The van der Waals surface area contributed by atoms with Gasteiger partial charge in [-0.3, -0.25) is 0 Å². The molecule has 5 rings (SSSR count). The molecule has 0 aromatic heterocycles. The first-order chi connectivity index (χ1) is 20.4. The third kappa shape index (κ3) is 6.01. The number of hydrogen-bond donors (Lipinski definition) is 2. The second kappa shape index (κ2) is 13.2. The molecular weight excluding hydrogens is 516 g/mol. The minimum atomic E-state index is -0.710. The van der Waals surface area contributed by atoms with Crippen molar-refractivity contribution in [3.63, 3.8) is 0 Å². The smallest absolute Gasteiger partial charge is 0.119 e. The average Bonchev–Trinajstić information content (AvgIpc) is 3.01. The molecule has 0 bridgehead atoms. The fourth-order valence-corrected chi connectivity index (χ4v) is 6.07. The molecule has 42 heavy (non-hydrogen) atoms. The van der Waals surface area contributed by atoms with Gasteiger partial charge in [0.2, 0.25) is 0 Å². The second-order valence-electron chi connectivity index (χ2n) is 11.5. The molecule has 0 aliphatic heterocycles. The van der Waals surface area contributed by atoms with E-state index in [0.717, 1.165) is 57.5 Å². The van der Waals surface area contributed by atoms with Crippen LogP contribution in [-0.2, 0) is 5.41 Å². The Kier molecular flexibility index (Phi) is 9.17. The molecule has 0 heterocycles. The van der Waals surface area contributed by atoms with Crippen LogP contribution in [0.15, 0.2) is 103 Å². The lowest BCUT2D eigenvalue weighted by atomic mass is 9.64. The summed E-state index contributed by atoms with van der Waals surface area (Å²) in [5.74, 6) is 1.40. The maximum absolute atomic E-state index is 10.5. The Bertz CT molecular complexity index is 1580. The molecule has 3 nitrogen and oxygen atoms in total. The maximum Gasteiger partial charge on any atom is 0.119 e. The lowest BCUT2D eigenvalue weighted by Crippen LogP contribution is -2.31. The van der Waals surface area contributed by atoms with Gasteiger partial charge in [-0.05, 0) is 94.8 Å².